The number of methoxy groups -OCH3 is 1. The highest BCUT2D eigenvalue weighted by atomic mass is 35.5. The van der Waals surface area contributed by atoms with E-state index in [1.54, 1.807) is 25.3 Å². The number of tetrazole rings is 1. The first-order valence-corrected chi connectivity index (χ1v) is 5.18. The van der Waals surface area contributed by atoms with Crippen LogP contribution in [-0.2, 0) is 6.54 Å². The molecule has 2 aromatic rings. The van der Waals surface area contributed by atoms with Gasteiger partial charge in [-0.2, -0.15) is 0 Å². The molecule has 0 saturated heterocycles. The minimum absolute atomic E-state index is 0.186. The van der Waals surface area contributed by atoms with E-state index in [9.17, 15) is 0 Å². The van der Waals surface area contributed by atoms with Gasteiger partial charge in [0.2, 0.25) is 0 Å². The number of benzene rings is 1. The molecular weight excluding hydrogens is 244 g/mol. The van der Waals surface area contributed by atoms with Gasteiger partial charge < -0.3 is 15.9 Å². The summed E-state index contributed by atoms with van der Waals surface area (Å²) in [5.74, 6) is 0.916. The van der Waals surface area contributed by atoms with Gasteiger partial charge in [-0.05, 0) is 28.6 Å². The number of nitrogen functional groups attached to an aromatic ring is 1. The van der Waals surface area contributed by atoms with Gasteiger partial charge in [0.15, 0.2) is 0 Å². The number of anilines is 1. The van der Waals surface area contributed by atoms with Crippen molar-refractivity contribution in [1.82, 2.24) is 20.3 Å². The zero-order chi connectivity index (χ0) is 12.3. The lowest BCUT2D eigenvalue weighted by Crippen LogP contribution is -2.18. The number of ether oxygens (including phenoxy) is 1. The van der Waals surface area contributed by atoms with Crippen LogP contribution in [-0.4, -0.2) is 27.4 Å². The van der Waals surface area contributed by atoms with Gasteiger partial charge in [-0.15, -0.1) is 4.79 Å². The van der Waals surface area contributed by atoms with E-state index in [1.807, 2.05) is 0 Å². The van der Waals surface area contributed by atoms with E-state index in [0.29, 0.717) is 11.6 Å². The van der Waals surface area contributed by atoms with E-state index in [1.165, 1.54) is 4.79 Å². The highest BCUT2D eigenvalue weighted by Crippen LogP contribution is 2.22. The SMILES string of the molecule is COc1ccc(Cl)cc1CNn1nnnc1N. The Hall–Kier alpha value is -2.02. The molecule has 3 N–H and O–H groups in total. The fraction of sp³-hybridized carbons (Fsp3) is 0.222. The summed E-state index contributed by atoms with van der Waals surface area (Å²) >= 11 is 5.91. The largest absolute Gasteiger partial charge is 0.496 e. The maximum absolute atomic E-state index is 5.91. The van der Waals surface area contributed by atoms with E-state index in [0.717, 1.165) is 11.3 Å². The Balaban J connectivity index is 2.13. The molecule has 0 atom stereocenters. The molecule has 0 amide bonds. The molecule has 0 aliphatic carbocycles. The Labute approximate surface area is 102 Å². The minimum atomic E-state index is 0.186. The second kappa shape index (κ2) is 4.88. The monoisotopic (exact) mass is 254 g/mol. The van der Waals surface area contributed by atoms with Crippen LogP contribution < -0.4 is 15.9 Å². The topological polar surface area (TPSA) is 90.9 Å². The fourth-order valence-electron chi connectivity index (χ4n) is 1.35. The third-order valence-electron chi connectivity index (χ3n) is 2.16. The number of halogens is 1. The number of hydrogen-bond donors (Lipinski definition) is 2. The van der Waals surface area contributed by atoms with E-state index in [2.05, 4.69) is 21.0 Å². The number of nitrogens with one attached hydrogen (secondary N) is 1. The van der Waals surface area contributed by atoms with Crippen molar-refractivity contribution >= 4 is 17.5 Å². The molecule has 0 aliphatic heterocycles. The number of aromatic nitrogens is 4. The van der Waals surface area contributed by atoms with Crippen molar-refractivity contribution in [1.29, 1.82) is 0 Å². The minimum Gasteiger partial charge on any atom is -0.496 e. The fourth-order valence-corrected chi connectivity index (χ4v) is 1.55. The van der Waals surface area contributed by atoms with Gasteiger partial charge in [0.05, 0.1) is 13.7 Å². The second-order valence-corrected chi connectivity index (χ2v) is 3.68. The molecule has 0 radical (unpaired) electrons. The summed E-state index contributed by atoms with van der Waals surface area (Å²) in [5, 5.41) is 11.2. The first-order valence-electron chi connectivity index (χ1n) is 4.81. The average molecular weight is 255 g/mol. The number of nitrogens with two attached hydrogens (primary N) is 1. The lowest BCUT2D eigenvalue weighted by molar-refractivity contribution is 0.409. The Morgan fingerprint density at radius 2 is 2.35 bits per heavy atom. The van der Waals surface area contributed by atoms with Crippen LogP contribution in [0.5, 0.6) is 5.75 Å². The Bertz CT molecular complexity index is 514. The van der Waals surface area contributed by atoms with Gasteiger partial charge in [-0.25, -0.2) is 0 Å². The molecule has 8 heteroatoms. The van der Waals surface area contributed by atoms with Crippen LogP contribution >= 0.6 is 11.6 Å². The number of hydrogen-bond acceptors (Lipinski definition) is 6. The molecule has 1 aromatic heterocycles. The van der Waals surface area contributed by atoms with E-state index < -0.39 is 0 Å². The van der Waals surface area contributed by atoms with E-state index in [-0.39, 0.29) is 5.95 Å². The molecule has 2 rings (SSSR count). The molecule has 0 unspecified atom stereocenters. The van der Waals surface area contributed by atoms with Crippen molar-refractivity contribution in [3.05, 3.63) is 28.8 Å². The molecule has 1 heterocycles. The quantitative estimate of drug-likeness (QED) is 0.833. The summed E-state index contributed by atoms with van der Waals surface area (Å²) in [4.78, 5) is 1.28. The normalized spacial score (nSPS) is 10.2. The van der Waals surface area contributed by atoms with Gasteiger partial charge in [0.25, 0.3) is 5.95 Å². The number of nitrogens with zero attached hydrogens (tertiary/aromatic N) is 4. The van der Waals surface area contributed by atoms with Crippen LogP contribution in [0, 0.1) is 0 Å². The van der Waals surface area contributed by atoms with Gasteiger partial charge in [0, 0.05) is 10.6 Å². The summed E-state index contributed by atoms with van der Waals surface area (Å²) in [6.07, 6.45) is 0. The molecule has 0 spiro atoms. The van der Waals surface area contributed by atoms with Gasteiger partial charge in [-0.1, -0.05) is 16.7 Å². The molecule has 1 aromatic carbocycles. The van der Waals surface area contributed by atoms with Crippen LogP contribution in [0.15, 0.2) is 18.2 Å². The molecular formula is C9H11ClN6O. The Morgan fingerprint density at radius 1 is 1.53 bits per heavy atom. The maximum Gasteiger partial charge on any atom is 0.260 e. The van der Waals surface area contributed by atoms with Crippen LogP contribution in [0.4, 0.5) is 5.95 Å². The van der Waals surface area contributed by atoms with E-state index in [4.69, 9.17) is 22.1 Å². The predicted molar refractivity (Wildman–Crippen MR) is 63.3 cm³/mol. The number of rotatable bonds is 4. The molecule has 0 bridgehead atoms. The molecule has 17 heavy (non-hydrogen) atoms. The van der Waals surface area contributed by atoms with Crippen LogP contribution in [0.3, 0.4) is 0 Å². The summed E-state index contributed by atoms with van der Waals surface area (Å²) in [6.45, 7) is 0.443. The van der Waals surface area contributed by atoms with Gasteiger partial charge in [-0.3, -0.25) is 0 Å². The summed E-state index contributed by atoms with van der Waals surface area (Å²) in [6, 6.07) is 5.35. The highest BCUT2D eigenvalue weighted by Gasteiger charge is 2.05. The molecule has 0 saturated carbocycles. The van der Waals surface area contributed by atoms with Crippen LogP contribution in [0.2, 0.25) is 5.02 Å². The molecule has 0 aliphatic rings. The third-order valence-corrected chi connectivity index (χ3v) is 2.39. The molecule has 7 nitrogen and oxygen atoms in total. The first kappa shape index (κ1) is 11.5. The molecule has 90 valence electrons. The summed E-state index contributed by atoms with van der Waals surface area (Å²) < 4.78 is 5.21. The van der Waals surface area contributed by atoms with E-state index >= 15 is 0 Å². The maximum atomic E-state index is 5.91. The van der Waals surface area contributed by atoms with Crippen molar-refractivity contribution < 1.29 is 4.74 Å². The van der Waals surface area contributed by atoms with Crippen molar-refractivity contribution in [2.75, 3.05) is 18.3 Å². The lowest BCUT2D eigenvalue weighted by atomic mass is 10.2. The van der Waals surface area contributed by atoms with Crippen molar-refractivity contribution in [2.24, 2.45) is 0 Å². The second-order valence-electron chi connectivity index (χ2n) is 3.24. The van der Waals surface area contributed by atoms with Crippen molar-refractivity contribution in [3.63, 3.8) is 0 Å². The standard InChI is InChI=1S/C9H11ClN6O/c1-17-8-3-2-7(10)4-6(8)5-12-16-9(11)13-14-15-16/h2-4,12H,5H2,1H3,(H2,11,13,15). The van der Waals surface area contributed by atoms with Crippen molar-refractivity contribution in [3.8, 4) is 5.75 Å². The first-order chi connectivity index (χ1) is 8.20. The summed E-state index contributed by atoms with van der Waals surface area (Å²) in [7, 11) is 1.60. The van der Waals surface area contributed by atoms with Crippen molar-refractivity contribution in [2.45, 2.75) is 6.54 Å². The zero-order valence-electron chi connectivity index (χ0n) is 9.09. The third kappa shape index (κ3) is 2.56. The van der Waals surface area contributed by atoms with Gasteiger partial charge >= 0.3 is 0 Å². The highest BCUT2D eigenvalue weighted by molar-refractivity contribution is 6.30. The summed E-state index contributed by atoms with van der Waals surface area (Å²) in [5.41, 5.74) is 9.32. The van der Waals surface area contributed by atoms with Crippen LogP contribution in [0.25, 0.3) is 0 Å². The predicted octanol–water partition coefficient (Wildman–Crippen LogP) is 0.661. The molecule has 0 fully saturated rings. The Morgan fingerprint density at radius 3 is 3.00 bits per heavy atom. The zero-order valence-corrected chi connectivity index (χ0v) is 9.85. The van der Waals surface area contributed by atoms with Crippen LogP contribution in [0.1, 0.15) is 5.56 Å². The smallest absolute Gasteiger partial charge is 0.260 e. The lowest BCUT2D eigenvalue weighted by Gasteiger charge is -2.10. The Kier molecular flexibility index (Phi) is 3.29. The van der Waals surface area contributed by atoms with Gasteiger partial charge in [0.1, 0.15) is 5.75 Å². The average Bonchev–Trinajstić information content (AvgIpc) is 2.72.